The standard InChI is InChI=1S/C17H36OSi/c1-8-10-11-12-13-16(9-2)14-15-18-19(6,7)17(3,4)5/h14-16H,8-13H2,1-7H3. The van der Waals surface area contributed by atoms with Gasteiger partial charge in [-0.2, -0.15) is 0 Å². The number of unbranched alkanes of at least 4 members (excludes halogenated alkanes) is 3. The SMILES string of the molecule is CCCCCCC(C=CO[Si](C)(C)C(C)(C)C)CC. The molecular weight excluding hydrogens is 248 g/mol. The van der Waals surface area contributed by atoms with Crippen LogP contribution in [-0.4, -0.2) is 8.32 Å². The summed E-state index contributed by atoms with van der Waals surface area (Å²) >= 11 is 0. The van der Waals surface area contributed by atoms with Gasteiger partial charge in [-0.25, -0.2) is 0 Å². The zero-order chi connectivity index (χ0) is 14.9. The summed E-state index contributed by atoms with van der Waals surface area (Å²) in [6.45, 7) is 16.0. The first-order chi connectivity index (χ1) is 8.74. The maximum absolute atomic E-state index is 6.11. The highest BCUT2D eigenvalue weighted by Crippen LogP contribution is 2.36. The Morgan fingerprint density at radius 2 is 1.68 bits per heavy atom. The summed E-state index contributed by atoms with van der Waals surface area (Å²) in [5.74, 6) is 0.696. The molecule has 0 radical (unpaired) electrons. The van der Waals surface area contributed by atoms with E-state index in [1.165, 1.54) is 38.5 Å². The molecule has 0 spiro atoms. The molecule has 0 aromatic rings. The zero-order valence-corrected chi connectivity index (χ0v) is 15.4. The fourth-order valence-corrected chi connectivity index (χ4v) is 2.54. The summed E-state index contributed by atoms with van der Waals surface area (Å²) < 4.78 is 6.11. The van der Waals surface area contributed by atoms with Crippen molar-refractivity contribution in [3.63, 3.8) is 0 Å². The molecule has 0 amide bonds. The quantitative estimate of drug-likeness (QED) is 0.266. The van der Waals surface area contributed by atoms with Gasteiger partial charge in [0, 0.05) is 0 Å². The van der Waals surface area contributed by atoms with E-state index in [0.29, 0.717) is 11.0 Å². The maximum atomic E-state index is 6.11. The lowest BCUT2D eigenvalue weighted by Gasteiger charge is -2.35. The molecule has 0 aliphatic heterocycles. The van der Waals surface area contributed by atoms with E-state index >= 15 is 0 Å². The summed E-state index contributed by atoms with van der Waals surface area (Å²) in [5.41, 5.74) is 0. The Labute approximate surface area is 123 Å². The van der Waals surface area contributed by atoms with Crippen LogP contribution in [0.5, 0.6) is 0 Å². The Hall–Kier alpha value is -0.243. The van der Waals surface area contributed by atoms with E-state index in [1.54, 1.807) is 0 Å². The fourth-order valence-electron chi connectivity index (χ4n) is 1.77. The van der Waals surface area contributed by atoms with Crippen LogP contribution < -0.4 is 0 Å². The molecule has 0 N–H and O–H groups in total. The molecule has 0 heterocycles. The second-order valence-corrected chi connectivity index (χ2v) is 12.0. The van der Waals surface area contributed by atoms with Gasteiger partial charge in [0.2, 0.25) is 8.32 Å². The summed E-state index contributed by atoms with van der Waals surface area (Å²) in [6.07, 6.45) is 12.3. The Morgan fingerprint density at radius 3 is 2.16 bits per heavy atom. The summed E-state index contributed by atoms with van der Waals surface area (Å²) in [7, 11) is -1.62. The van der Waals surface area contributed by atoms with Crippen molar-refractivity contribution in [1.82, 2.24) is 0 Å². The first-order valence-corrected chi connectivity index (χ1v) is 11.0. The minimum absolute atomic E-state index is 0.292. The Kier molecular flexibility index (Phi) is 8.72. The minimum atomic E-state index is -1.62. The molecule has 0 aromatic heterocycles. The number of hydrogen-bond donors (Lipinski definition) is 0. The van der Waals surface area contributed by atoms with Gasteiger partial charge in [-0.3, -0.25) is 0 Å². The first kappa shape index (κ1) is 18.8. The smallest absolute Gasteiger partial charge is 0.249 e. The fraction of sp³-hybridized carbons (Fsp3) is 0.882. The van der Waals surface area contributed by atoms with Crippen LogP contribution in [0.4, 0.5) is 0 Å². The van der Waals surface area contributed by atoms with Crippen LogP contribution in [0, 0.1) is 5.92 Å². The lowest BCUT2D eigenvalue weighted by Crippen LogP contribution is -2.39. The summed E-state index contributed by atoms with van der Waals surface area (Å²) in [6, 6.07) is 0. The van der Waals surface area contributed by atoms with Gasteiger partial charge in [-0.15, -0.1) is 0 Å². The van der Waals surface area contributed by atoms with E-state index in [2.05, 4.69) is 53.8 Å². The summed E-state index contributed by atoms with van der Waals surface area (Å²) in [4.78, 5) is 0. The molecule has 114 valence electrons. The normalized spacial score (nSPS) is 14.9. The Morgan fingerprint density at radius 1 is 1.05 bits per heavy atom. The Balaban J connectivity index is 4.13. The number of allylic oxidation sites excluding steroid dienone is 1. The highest BCUT2D eigenvalue weighted by Gasteiger charge is 2.37. The molecule has 1 unspecified atom stereocenters. The van der Waals surface area contributed by atoms with Gasteiger partial charge in [-0.1, -0.05) is 60.3 Å². The van der Waals surface area contributed by atoms with Crippen LogP contribution in [-0.2, 0) is 4.43 Å². The van der Waals surface area contributed by atoms with Crippen molar-refractivity contribution in [2.75, 3.05) is 0 Å². The van der Waals surface area contributed by atoms with E-state index in [0.717, 1.165) is 0 Å². The molecule has 0 fully saturated rings. The lowest BCUT2D eigenvalue weighted by atomic mass is 9.98. The predicted molar refractivity (Wildman–Crippen MR) is 90.0 cm³/mol. The van der Waals surface area contributed by atoms with Crippen molar-refractivity contribution in [2.24, 2.45) is 5.92 Å². The third-order valence-corrected chi connectivity index (χ3v) is 8.81. The largest absolute Gasteiger partial charge is 0.549 e. The van der Waals surface area contributed by atoms with Gasteiger partial charge in [0.25, 0.3) is 0 Å². The highest BCUT2D eigenvalue weighted by molar-refractivity contribution is 6.74. The van der Waals surface area contributed by atoms with Gasteiger partial charge < -0.3 is 4.43 Å². The van der Waals surface area contributed by atoms with Gasteiger partial charge in [-0.05, 0) is 43.0 Å². The van der Waals surface area contributed by atoms with Crippen molar-refractivity contribution >= 4 is 8.32 Å². The molecule has 19 heavy (non-hydrogen) atoms. The zero-order valence-electron chi connectivity index (χ0n) is 14.4. The maximum Gasteiger partial charge on any atom is 0.249 e. The molecule has 1 atom stereocenters. The van der Waals surface area contributed by atoms with Gasteiger partial charge in [0.15, 0.2) is 0 Å². The lowest BCUT2D eigenvalue weighted by molar-refractivity contribution is 0.419. The van der Waals surface area contributed by atoms with Crippen LogP contribution in [0.25, 0.3) is 0 Å². The molecule has 0 rings (SSSR count). The van der Waals surface area contributed by atoms with Crippen molar-refractivity contribution < 1.29 is 4.43 Å². The molecule has 0 bridgehead atoms. The average molecular weight is 285 g/mol. The van der Waals surface area contributed by atoms with Gasteiger partial charge >= 0.3 is 0 Å². The third kappa shape index (κ3) is 7.81. The topological polar surface area (TPSA) is 9.23 Å². The van der Waals surface area contributed by atoms with Crippen LogP contribution in [0.1, 0.15) is 73.1 Å². The van der Waals surface area contributed by atoms with Crippen molar-refractivity contribution in [2.45, 2.75) is 91.3 Å². The summed E-state index contributed by atoms with van der Waals surface area (Å²) in [5, 5.41) is 0.292. The molecule has 0 aliphatic rings. The van der Waals surface area contributed by atoms with Crippen LogP contribution in [0.3, 0.4) is 0 Å². The van der Waals surface area contributed by atoms with E-state index in [1.807, 2.05) is 6.26 Å². The Bertz CT molecular complexity index is 250. The van der Waals surface area contributed by atoms with E-state index in [4.69, 9.17) is 4.43 Å². The number of rotatable bonds is 9. The van der Waals surface area contributed by atoms with E-state index < -0.39 is 8.32 Å². The van der Waals surface area contributed by atoms with Crippen LogP contribution >= 0.6 is 0 Å². The molecule has 0 saturated carbocycles. The molecule has 0 saturated heterocycles. The van der Waals surface area contributed by atoms with Crippen LogP contribution in [0.2, 0.25) is 18.1 Å². The van der Waals surface area contributed by atoms with Crippen molar-refractivity contribution in [3.05, 3.63) is 12.3 Å². The van der Waals surface area contributed by atoms with E-state index in [-0.39, 0.29) is 0 Å². The second kappa shape index (κ2) is 8.83. The molecule has 0 aromatic carbocycles. The molecule has 1 nitrogen and oxygen atoms in total. The van der Waals surface area contributed by atoms with Gasteiger partial charge in [0.1, 0.15) is 0 Å². The highest BCUT2D eigenvalue weighted by atomic mass is 28.4. The van der Waals surface area contributed by atoms with Crippen molar-refractivity contribution in [3.8, 4) is 0 Å². The second-order valence-electron chi connectivity index (χ2n) is 7.22. The average Bonchev–Trinajstić information content (AvgIpc) is 2.30. The van der Waals surface area contributed by atoms with Crippen molar-refractivity contribution in [1.29, 1.82) is 0 Å². The van der Waals surface area contributed by atoms with Crippen LogP contribution in [0.15, 0.2) is 12.3 Å². The monoisotopic (exact) mass is 284 g/mol. The molecule has 2 heteroatoms. The number of hydrogen-bond acceptors (Lipinski definition) is 1. The molecule has 0 aliphatic carbocycles. The third-order valence-electron chi connectivity index (χ3n) is 4.47. The first-order valence-electron chi connectivity index (χ1n) is 8.09. The van der Waals surface area contributed by atoms with Gasteiger partial charge in [0.05, 0.1) is 6.26 Å². The van der Waals surface area contributed by atoms with E-state index in [9.17, 15) is 0 Å². The molecular formula is C17H36OSi. The minimum Gasteiger partial charge on any atom is -0.549 e. The predicted octanol–water partition coefficient (Wildman–Crippen LogP) is 6.52.